The summed E-state index contributed by atoms with van der Waals surface area (Å²) in [5.41, 5.74) is 8.20. The third-order valence-electron chi connectivity index (χ3n) is 6.05. The van der Waals surface area contributed by atoms with Crippen molar-refractivity contribution in [2.75, 3.05) is 67.4 Å². The molecule has 5 N–H and O–H groups in total. The Labute approximate surface area is 245 Å². The number of likely N-dealkylation sites (N-methyl/N-ethyl adjacent to an activating group) is 2. The summed E-state index contributed by atoms with van der Waals surface area (Å²) in [7, 11) is 3.86. The molecule has 1 aromatic heterocycles. The highest BCUT2D eigenvalue weighted by molar-refractivity contribution is 7.92. The lowest BCUT2D eigenvalue weighted by Crippen LogP contribution is -2.29. The lowest BCUT2D eigenvalue weighted by Gasteiger charge is -2.26. The average Bonchev–Trinajstić information content (AvgIpc) is 2.93. The molecule has 2 aromatic carbocycles. The smallest absolute Gasteiger partial charge is 0.248 e. The van der Waals surface area contributed by atoms with E-state index in [0.29, 0.717) is 40.6 Å². The zero-order valence-electron chi connectivity index (χ0n) is 23.7. The number of carbonyl (C=O) groups excluding carboxylic acids is 1. The Hall–Kier alpha value is -4.07. The van der Waals surface area contributed by atoms with Gasteiger partial charge in [0.25, 0.3) is 0 Å². The molecule has 3 rings (SSSR count). The van der Waals surface area contributed by atoms with E-state index >= 15 is 0 Å². The van der Waals surface area contributed by atoms with E-state index in [2.05, 4.69) is 31.9 Å². The number of carbonyl (C=O) groups is 1. The molecule has 1 heterocycles. The molecule has 220 valence electrons. The van der Waals surface area contributed by atoms with Crippen LogP contribution in [0, 0.1) is 0 Å². The molecule has 0 unspecified atom stereocenters. The highest BCUT2D eigenvalue weighted by atomic mass is 35.5. The second-order valence-corrected chi connectivity index (χ2v) is 11.7. The van der Waals surface area contributed by atoms with Gasteiger partial charge in [-0.05, 0) is 39.2 Å². The number of anilines is 6. The number of ether oxygens (including phenoxy) is 1. The Balaban J connectivity index is 1.99. The number of amides is 1. The summed E-state index contributed by atoms with van der Waals surface area (Å²) in [5, 5.41) is 6.38. The lowest BCUT2D eigenvalue weighted by atomic mass is 10.0. The number of benzene rings is 2. The van der Waals surface area contributed by atoms with Crippen molar-refractivity contribution >= 4 is 67.6 Å². The van der Waals surface area contributed by atoms with Crippen LogP contribution in [0.25, 0.3) is 5.57 Å². The largest absolute Gasteiger partial charge is 0.494 e. The number of para-hydroxylation sites is 2. The van der Waals surface area contributed by atoms with Crippen LogP contribution < -0.4 is 30.7 Å². The number of sulfonamides is 1. The quantitative estimate of drug-likeness (QED) is 0.200. The number of nitrogens with two attached hydrogens (primary N) is 1. The van der Waals surface area contributed by atoms with Gasteiger partial charge in [-0.3, -0.25) is 9.52 Å². The maximum Gasteiger partial charge on any atom is 0.248 e. The first-order valence-corrected chi connectivity index (χ1v) is 14.6. The molecule has 41 heavy (non-hydrogen) atoms. The molecule has 0 aliphatic heterocycles. The standard InChI is InChI=1S/C27H35ClN8O4S/c1-7-41(38,39)34-21-11-9-8-10-20(21)31-26-19(28)16-30-27(33-26)32-22-14-18(17(2)25(29)37)23(15-24(22)40-6)36(5)13-12-35(3)4/h8-11,14-16,34H,2,7,12-13H2,1,3-6H3,(H2,29,37)(H2,30,31,32,33). The molecule has 0 radical (unpaired) electrons. The predicted octanol–water partition coefficient (Wildman–Crippen LogP) is 3.88. The van der Waals surface area contributed by atoms with Gasteiger partial charge in [0.05, 0.1) is 36.1 Å². The Morgan fingerprint density at radius 1 is 1.10 bits per heavy atom. The van der Waals surface area contributed by atoms with Gasteiger partial charge in [0, 0.05) is 43.0 Å². The number of halogens is 1. The first-order chi connectivity index (χ1) is 19.3. The van der Waals surface area contributed by atoms with Crippen LogP contribution in [0.1, 0.15) is 12.5 Å². The molecule has 14 heteroatoms. The number of methoxy groups -OCH3 is 1. The van der Waals surface area contributed by atoms with E-state index in [-0.39, 0.29) is 28.1 Å². The highest BCUT2D eigenvalue weighted by Crippen LogP contribution is 2.38. The van der Waals surface area contributed by atoms with E-state index < -0.39 is 15.9 Å². The van der Waals surface area contributed by atoms with E-state index in [4.69, 9.17) is 22.1 Å². The van der Waals surface area contributed by atoms with Crippen molar-refractivity contribution in [3.8, 4) is 5.75 Å². The molecule has 0 fully saturated rings. The monoisotopic (exact) mass is 602 g/mol. The number of hydrogen-bond donors (Lipinski definition) is 4. The molecular weight excluding hydrogens is 568 g/mol. The minimum Gasteiger partial charge on any atom is -0.494 e. The Morgan fingerprint density at radius 3 is 2.39 bits per heavy atom. The average molecular weight is 603 g/mol. The number of rotatable bonds is 14. The molecule has 3 aromatic rings. The van der Waals surface area contributed by atoms with Crippen molar-refractivity contribution in [1.82, 2.24) is 14.9 Å². The normalized spacial score (nSPS) is 11.2. The van der Waals surface area contributed by atoms with Crippen molar-refractivity contribution in [2.24, 2.45) is 5.73 Å². The van der Waals surface area contributed by atoms with Gasteiger partial charge in [-0.2, -0.15) is 4.98 Å². The van der Waals surface area contributed by atoms with E-state index in [1.165, 1.54) is 13.3 Å². The second-order valence-electron chi connectivity index (χ2n) is 9.33. The van der Waals surface area contributed by atoms with E-state index in [1.807, 2.05) is 30.9 Å². The van der Waals surface area contributed by atoms with Gasteiger partial charge in [0.2, 0.25) is 21.9 Å². The number of primary amides is 1. The molecule has 0 saturated carbocycles. The van der Waals surface area contributed by atoms with Crippen LogP contribution in [0.4, 0.5) is 34.5 Å². The summed E-state index contributed by atoms with van der Waals surface area (Å²) in [4.78, 5) is 24.9. The predicted molar refractivity (Wildman–Crippen MR) is 166 cm³/mol. The summed E-state index contributed by atoms with van der Waals surface area (Å²) in [6, 6.07) is 10.3. The van der Waals surface area contributed by atoms with E-state index in [1.54, 1.807) is 43.3 Å². The van der Waals surface area contributed by atoms with Gasteiger partial charge >= 0.3 is 0 Å². The Kier molecular flexibility index (Phi) is 10.4. The third-order valence-corrected chi connectivity index (χ3v) is 7.62. The van der Waals surface area contributed by atoms with Crippen molar-refractivity contribution in [2.45, 2.75) is 6.92 Å². The Morgan fingerprint density at radius 2 is 1.78 bits per heavy atom. The van der Waals surface area contributed by atoms with Gasteiger partial charge in [-0.1, -0.05) is 30.3 Å². The van der Waals surface area contributed by atoms with Crippen LogP contribution in [-0.2, 0) is 14.8 Å². The summed E-state index contributed by atoms with van der Waals surface area (Å²) in [6.07, 6.45) is 1.40. The van der Waals surface area contributed by atoms with Crippen molar-refractivity contribution < 1.29 is 17.9 Å². The van der Waals surface area contributed by atoms with Crippen molar-refractivity contribution in [1.29, 1.82) is 0 Å². The zero-order valence-corrected chi connectivity index (χ0v) is 25.2. The van der Waals surface area contributed by atoms with Gasteiger partial charge in [0.1, 0.15) is 10.8 Å². The van der Waals surface area contributed by atoms with Crippen molar-refractivity contribution in [3.05, 3.63) is 59.8 Å². The minimum atomic E-state index is -3.52. The van der Waals surface area contributed by atoms with Gasteiger partial charge in [-0.15, -0.1) is 0 Å². The molecule has 0 bridgehead atoms. The van der Waals surface area contributed by atoms with Crippen LogP contribution in [0.3, 0.4) is 0 Å². The number of nitrogens with zero attached hydrogens (tertiary/aromatic N) is 4. The second kappa shape index (κ2) is 13.5. The zero-order chi connectivity index (χ0) is 30.3. The van der Waals surface area contributed by atoms with Crippen LogP contribution in [0.15, 0.2) is 49.2 Å². The van der Waals surface area contributed by atoms with Crippen molar-refractivity contribution in [3.63, 3.8) is 0 Å². The maximum absolute atomic E-state index is 12.2. The van der Waals surface area contributed by atoms with E-state index in [9.17, 15) is 13.2 Å². The SMILES string of the molecule is C=C(C(N)=O)c1cc(Nc2ncc(Cl)c(Nc3ccccc3NS(=O)(=O)CC)n2)c(OC)cc1N(C)CCN(C)C. The fourth-order valence-electron chi connectivity index (χ4n) is 3.68. The van der Waals surface area contributed by atoms with Crippen LogP contribution in [-0.4, -0.2) is 76.3 Å². The summed E-state index contributed by atoms with van der Waals surface area (Å²) in [5.74, 6) is 0.110. The highest BCUT2D eigenvalue weighted by Gasteiger charge is 2.20. The third kappa shape index (κ3) is 8.22. The molecule has 0 atom stereocenters. The minimum absolute atomic E-state index is 0.0834. The van der Waals surface area contributed by atoms with Crippen LogP contribution in [0.2, 0.25) is 5.02 Å². The fraction of sp³-hybridized carbons (Fsp3) is 0.296. The molecule has 0 aliphatic rings. The summed E-state index contributed by atoms with van der Waals surface area (Å²) >= 11 is 6.38. The molecule has 0 saturated heterocycles. The van der Waals surface area contributed by atoms with Gasteiger partial charge < -0.3 is 30.9 Å². The molecule has 1 amide bonds. The molecule has 12 nitrogen and oxygen atoms in total. The van der Waals surface area contributed by atoms with Crippen LogP contribution in [0.5, 0.6) is 5.75 Å². The van der Waals surface area contributed by atoms with E-state index in [0.717, 1.165) is 6.54 Å². The summed E-state index contributed by atoms with van der Waals surface area (Å²) < 4.78 is 32.5. The maximum atomic E-state index is 12.2. The van der Waals surface area contributed by atoms with Gasteiger partial charge in [-0.25, -0.2) is 13.4 Å². The Bertz CT molecular complexity index is 1530. The fourth-order valence-corrected chi connectivity index (χ4v) is 4.48. The number of nitrogens with one attached hydrogen (secondary N) is 3. The summed E-state index contributed by atoms with van der Waals surface area (Å²) in [6.45, 7) is 6.89. The molecular formula is C27H35ClN8O4S. The van der Waals surface area contributed by atoms with Crippen LogP contribution >= 0.6 is 11.6 Å². The number of aromatic nitrogens is 2. The topological polar surface area (TPSA) is 155 Å². The lowest BCUT2D eigenvalue weighted by molar-refractivity contribution is -0.112. The first kappa shape index (κ1) is 31.5. The molecule has 0 spiro atoms. The first-order valence-electron chi connectivity index (χ1n) is 12.6. The molecule has 0 aliphatic carbocycles. The number of hydrogen-bond acceptors (Lipinski definition) is 10. The van der Waals surface area contributed by atoms with Gasteiger partial charge in [0.15, 0.2) is 5.82 Å².